The highest BCUT2D eigenvalue weighted by Gasteiger charge is 2.47. The predicted molar refractivity (Wildman–Crippen MR) is 32.6 cm³/mol. The molecule has 0 fully saturated rings. The lowest BCUT2D eigenvalue weighted by molar-refractivity contribution is -0.0544. The van der Waals surface area contributed by atoms with Gasteiger partial charge in [-0.15, -0.1) is 0 Å². The standard InChI is InChI=1S/C4H7F3O4S/c5-4(6,7)12(9,10)11-3-1-2-8/h8H,1-3H2. The fourth-order valence-electron chi connectivity index (χ4n) is 0.300. The quantitative estimate of drug-likeness (QED) is 0.408. The van der Waals surface area contributed by atoms with Gasteiger partial charge in [0, 0.05) is 6.61 Å². The Balaban J connectivity index is 4.08. The first-order chi connectivity index (χ1) is 5.31. The molecular weight excluding hydrogens is 201 g/mol. The molecule has 0 atom stereocenters. The van der Waals surface area contributed by atoms with Crippen molar-refractivity contribution < 1.29 is 30.9 Å². The summed E-state index contributed by atoms with van der Waals surface area (Å²) >= 11 is 0. The molecule has 0 aliphatic heterocycles. The number of hydrogen-bond acceptors (Lipinski definition) is 4. The monoisotopic (exact) mass is 208 g/mol. The number of rotatable bonds is 4. The number of hydrogen-bond donors (Lipinski definition) is 1. The van der Waals surface area contributed by atoms with E-state index in [4.69, 9.17) is 5.11 Å². The Morgan fingerprint density at radius 1 is 1.33 bits per heavy atom. The first-order valence-corrected chi connectivity index (χ1v) is 4.28. The molecule has 0 spiro atoms. The Hall–Kier alpha value is -0.340. The summed E-state index contributed by atoms with van der Waals surface area (Å²) in [6.07, 6.45) is -0.157. The van der Waals surface area contributed by atoms with Crippen LogP contribution in [0.4, 0.5) is 13.2 Å². The SMILES string of the molecule is O=S(=O)(OCCCO)C(F)(F)F. The summed E-state index contributed by atoms with van der Waals surface area (Å²) in [6, 6.07) is 0. The maximum Gasteiger partial charge on any atom is 0.523 e. The van der Waals surface area contributed by atoms with Crippen molar-refractivity contribution in [1.82, 2.24) is 0 Å². The highest BCUT2D eigenvalue weighted by atomic mass is 32.2. The Labute approximate surface area is 67.1 Å². The van der Waals surface area contributed by atoms with Crippen LogP contribution >= 0.6 is 0 Å². The molecule has 8 heteroatoms. The van der Waals surface area contributed by atoms with Gasteiger partial charge in [-0.1, -0.05) is 0 Å². The average Bonchev–Trinajstić information content (AvgIpc) is 1.85. The lowest BCUT2D eigenvalue weighted by Crippen LogP contribution is -2.26. The molecule has 0 saturated heterocycles. The van der Waals surface area contributed by atoms with E-state index in [0.717, 1.165) is 0 Å². The molecule has 0 aromatic rings. The zero-order valence-electron chi connectivity index (χ0n) is 5.84. The second-order valence-corrected chi connectivity index (χ2v) is 3.41. The highest BCUT2D eigenvalue weighted by Crippen LogP contribution is 2.24. The fraction of sp³-hybridized carbons (Fsp3) is 1.00. The van der Waals surface area contributed by atoms with Crippen LogP contribution in [0.25, 0.3) is 0 Å². The van der Waals surface area contributed by atoms with Gasteiger partial charge in [0.05, 0.1) is 6.61 Å². The van der Waals surface area contributed by atoms with Crippen LogP contribution in [0, 0.1) is 0 Å². The van der Waals surface area contributed by atoms with Crippen LogP contribution in [0.1, 0.15) is 6.42 Å². The molecule has 12 heavy (non-hydrogen) atoms. The lowest BCUT2D eigenvalue weighted by Gasteiger charge is -2.06. The minimum absolute atomic E-state index is 0.157. The second-order valence-electron chi connectivity index (χ2n) is 1.80. The largest absolute Gasteiger partial charge is 0.523 e. The van der Waals surface area contributed by atoms with Crippen LogP contribution < -0.4 is 0 Å². The lowest BCUT2D eigenvalue weighted by atomic mass is 10.5. The van der Waals surface area contributed by atoms with Gasteiger partial charge in [0.1, 0.15) is 0 Å². The van der Waals surface area contributed by atoms with E-state index in [0.29, 0.717) is 0 Å². The van der Waals surface area contributed by atoms with Crippen LogP contribution in [0.3, 0.4) is 0 Å². The van der Waals surface area contributed by atoms with Gasteiger partial charge in [-0.3, -0.25) is 4.18 Å². The van der Waals surface area contributed by atoms with E-state index >= 15 is 0 Å². The highest BCUT2D eigenvalue weighted by molar-refractivity contribution is 7.87. The molecule has 0 aliphatic carbocycles. The molecule has 0 heterocycles. The molecule has 0 aromatic carbocycles. The first-order valence-electron chi connectivity index (χ1n) is 2.88. The van der Waals surface area contributed by atoms with Crippen molar-refractivity contribution in [3.8, 4) is 0 Å². The molecule has 1 N–H and O–H groups in total. The minimum atomic E-state index is -5.48. The van der Waals surface area contributed by atoms with Gasteiger partial charge < -0.3 is 5.11 Å². The Morgan fingerprint density at radius 2 is 1.83 bits per heavy atom. The van der Waals surface area contributed by atoms with Crippen molar-refractivity contribution >= 4 is 10.1 Å². The van der Waals surface area contributed by atoms with Crippen molar-refractivity contribution in [1.29, 1.82) is 0 Å². The number of aliphatic hydroxyl groups excluding tert-OH is 1. The van der Waals surface area contributed by atoms with Gasteiger partial charge in [0.25, 0.3) is 0 Å². The normalized spacial score (nSPS) is 13.3. The molecule has 0 aliphatic rings. The zero-order chi connectivity index (χ0) is 9.83. The van der Waals surface area contributed by atoms with Crippen LogP contribution in [0.2, 0.25) is 0 Å². The van der Waals surface area contributed by atoms with Crippen molar-refractivity contribution in [3.63, 3.8) is 0 Å². The van der Waals surface area contributed by atoms with Crippen LogP contribution in [0.15, 0.2) is 0 Å². The van der Waals surface area contributed by atoms with Crippen molar-refractivity contribution in [2.45, 2.75) is 11.9 Å². The zero-order valence-corrected chi connectivity index (χ0v) is 6.65. The van der Waals surface area contributed by atoms with E-state index in [1.807, 2.05) is 0 Å². The predicted octanol–water partition coefficient (Wildman–Crippen LogP) is 0.235. The fourth-order valence-corrected chi connectivity index (χ4v) is 0.771. The van der Waals surface area contributed by atoms with Crippen LogP contribution in [0.5, 0.6) is 0 Å². The maximum atomic E-state index is 11.5. The van der Waals surface area contributed by atoms with Crippen LogP contribution in [-0.4, -0.2) is 32.2 Å². The van der Waals surface area contributed by atoms with Crippen molar-refractivity contribution in [2.24, 2.45) is 0 Å². The van der Waals surface area contributed by atoms with E-state index in [1.54, 1.807) is 0 Å². The van der Waals surface area contributed by atoms with Gasteiger partial charge >= 0.3 is 15.6 Å². The molecule has 74 valence electrons. The second kappa shape index (κ2) is 4.06. The molecule has 0 bridgehead atoms. The Kier molecular flexibility index (Phi) is 3.94. The first kappa shape index (κ1) is 11.7. The van der Waals surface area contributed by atoms with E-state index in [1.165, 1.54) is 0 Å². The molecule has 0 unspecified atom stereocenters. The summed E-state index contributed by atoms with van der Waals surface area (Å²) in [5, 5.41) is 8.11. The molecule has 0 saturated carbocycles. The van der Waals surface area contributed by atoms with E-state index < -0.39 is 28.8 Å². The van der Waals surface area contributed by atoms with Gasteiger partial charge in [-0.2, -0.15) is 21.6 Å². The minimum Gasteiger partial charge on any atom is -0.396 e. The number of aliphatic hydroxyl groups is 1. The van der Waals surface area contributed by atoms with Gasteiger partial charge in [-0.05, 0) is 6.42 Å². The van der Waals surface area contributed by atoms with E-state index in [2.05, 4.69) is 4.18 Å². The molecule has 0 rings (SSSR count). The molecular formula is C4H7F3O4S. The number of halogens is 3. The summed E-state index contributed by atoms with van der Waals surface area (Å²) in [6.45, 7) is -1.09. The summed E-state index contributed by atoms with van der Waals surface area (Å²) < 4.78 is 58.2. The maximum absolute atomic E-state index is 11.5. The molecule has 0 aromatic heterocycles. The third-order valence-electron chi connectivity index (χ3n) is 0.824. The van der Waals surface area contributed by atoms with Crippen molar-refractivity contribution in [3.05, 3.63) is 0 Å². The van der Waals surface area contributed by atoms with Gasteiger partial charge in [-0.25, -0.2) is 0 Å². The third kappa shape index (κ3) is 3.37. The van der Waals surface area contributed by atoms with Gasteiger partial charge in [0.2, 0.25) is 0 Å². The summed E-state index contributed by atoms with van der Waals surface area (Å²) in [7, 11) is -5.48. The summed E-state index contributed by atoms with van der Waals surface area (Å²) in [5.41, 5.74) is -5.39. The molecule has 0 radical (unpaired) electrons. The Bertz CT molecular complexity index is 219. The smallest absolute Gasteiger partial charge is 0.396 e. The average molecular weight is 208 g/mol. The topological polar surface area (TPSA) is 63.6 Å². The molecule has 0 amide bonds. The third-order valence-corrected chi connectivity index (χ3v) is 1.87. The van der Waals surface area contributed by atoms with Gasteiger partial charge in [0.15, 0.2) is 0 Å². The van der Waals surface area contributed by atoms with E-state index in [-0.39, 0.29) is 6.42 Å². The van der Waals surface area contributed by atoms with Crippen LogP contribution in [-0.2, 0) is 14.3 Å². The van der Waals surface area contributed by atoms with E-state index in [9.17, 15) is 21.6 Å². The Morgan fingerprint density at radius 3 is 2.17 bits per heavy atom. The molecule has 4 nitrogen and oxygen atoms in total. The number of alkyl halides is 3. The summed E-state index contributed by atoms with van der Waals surface area (Å²) in [5.74, 6) is 0. The van der Waals surface area contributed by atoms with Crippen molar-refractivity contribution in [2.75, 3.05) is 13.2 Å². The summed E-state index contributed by atoms with van der Waals surface area (Å²) in [4.78, 5) is 0.